The van der Waals surface area contributed by atoms with E-state index < -0.39 is 28.7 Å². The predicted octanol–water partition coefficient (Wildman–Crippen LogP) is 0.594. The van der Waals surface area contributed by atoms with Crippen LogP contribution in [-0.2, 0) is 19.0 Å². The summed E-state index contributed by atoms with van der Waals surface area (Å²) in [4.78, 5) is 21.3. The van der Waals surface area contributed by atoms with Gasteiger partial charge in [0.15, 0.2) is 5.79 Å². The first-order chi connectivity index (χ1) is 7.84. The molecule has 0 bridgehead atoms. The number of carbonyl (C=O) groups is 1. The molecule has 0 radical (unpaired) electrons. The van der Waals surface area contributed by atoms with Crippen LogP contribution in [0.5, 0.6) is 0 Å². The number of hydrogen-bond donors (Lipinski definition) is 0. The van der Waals surface area contributed by atoms with Gasteiger partial charge in [-0.2, -0.15) is 0 Å². The van der Waals surface area contributed by atoms with Crippen LogP contribution in [0.15, 0.2) is 0 Å². The number of ether oxygens (including phenoxy) is 3. The summed E-state index contributed by atoms with van der Waals surface area (Å²) < 4.78 is 15.4. The lowest BCUT2D eigenvalue weighted by molar-refractivity contribution is -0.490. The molecule has 2 unspecified atom stereocenters. The molecule has 0 aromatic heterocycles. The maximum absolute atomic E-state index is 11.2. The van der Waals surface area contributed by atoms with Crippen LogP contribution >= 0.6 is 0 Å². The summed E-state index contributed by atoms with van der Waals surface area (Å²) in [5, 5.41) is 10.6. The summed E-state index contributed by atoms with van der Waals surface area (Å²) in [5.74, 6) is -1.76. The lowest BCUT2D eigenvalue weighted by Crippen LogP contribution is -2.33. The van der Waals surface area contributed by atoms with Gasteiger partial charge in [-0.05, 0) is 13.8 Å². The molecular formula is C10H17NO6. The van der Waals surface area contributed by atoms with E-state index in [4.69, 9.17) is 9.47 Å². The van der Waals surface area contributed by atoms with E-state index in [2.05, 4.69) is 4.74 Å². The highest BCUT2D eigenvalue weighted by Crippen LogP contribution is 2.28. The summed E-state index contributed by atoms with van der Waals surface area (Å²) in [5.41, 5.74) is 0. The zero-order valence-corrected chi connectivity index (χ0v) is 10.2. The Balaban J connectivity index is 2.63. The van der Waals surface area contributed by atoms with Crippen molar-refractivity contribution in [1.82, 2.24) is 0 Å². The molecule has 0 aliphatic carbocycles. The highest BCUT2D eigenvalue weighted by atomic mass is 16.7. The molecule has 1 fully saturated rings. The summed E-state index contributed by atoms with van der Waals surface area (Å²) in [6.45, 7) is 3.38. The Morgan fingerprint density at radius 3 is 2.71 bits per heavy atom. The SMILES string of the molecule is COC(=O)CC(C[N+](=O)[O-])C1COC(C)(C)O1. The summed E-state index contributed by atoms with van der Waals surface area (Å²) in [6, 6.07) is 0. The molecule has 1 aliphatic rings. The highest BCUT2D eigenvalue weighted by molar-refractivity contribution is 5.69. The van der Waals surface area contributed by atoms with Gasteiger partial charge in [-0.1, -0.05) is 0 Å². The molecule has 0 spiro atoms. The van der Waals surface area contributed by atoms with Crippen LogP contribution < -0.4 is 0 Å². The number of nitro groups is 1. The zero-order chi connectivity index (χ0) is 13.1. The van der Waals surface area contributed by atoms with Gasteiger partial charge in [0.1, 0.15) is 0 Å². The molecule has 0 aromatic rings. The highest BCUT2D eigenvalue weighted by Gasteiger charge is 2.40. The van der Waals surface area contributed by atoms with Crippen molar-refractivity contribution in [2.45, 2.75) is 32.2 Å². The first kappa shape index (κ1) is 13.9. The molecule has 7 heteroatoms. The van der Waals surface area contributed by atoms with Gasteiger partial charge in [-0.3, -0.25) is 14.9 Å². The third-order valence-electron chi connectivity index (χ3n) is 2.60. The van der Waals surface area contributed by atoms with Gasteiger partial charge >= 0.3 is 5.97 Å². The minimum absolute atomic E-state index is 0.0401. The van der Waals surface area contributed by atoms with Crippen LogP contribution in [0, 0.1) is 16.0 Å². The van der Waals surface area contributed by atoms with E-state index in [-0.39, 0.29) is 19.6 Å². The van der Waals surface area contributed by atoms with Crippen LogP contribution in [0.3, 0.4) is 0 Å². The minimum atomic E-state index is -0.754. The molecule has 0 amide bonds. The van der Waals surface area contributed by atoms with Gasteiger partial charge in [0, 0.05) is 4.92 Å². The molecule has 17 heavy (non-hydrogen) atoms. The molecule has 7 nitrogen and oxygen atoms in total. The fourth-order valence-corrected chi connectivity index (χ4v) is 1.75. The van der Waals surface area contributed by atoms with Gasteiger partial charge in [0.25, 0.3) is 0 Å². The van der Waals surface area contributed by atoms with Crippen molar-refractivity contribution in [2.75, 3.05) is 20.3 Å². The Morgan fingerprint density at radius 1 is 1.65 bits per heavy atom. The second-order valence-corrected chi connectivity index (χ2v) is 4.42. The van der Waals surface area contributed by atoms with Crippen LogP contribution in [0.4, 0.5) is 0 Å². The number of nitrogens with zero attached hydrogens (tertiary/aromatic N) is 1. The molecule has 1 aliphatic heterocycles. The summed E-state index contributed by atoms with van der Waals surface area (Å²) >= 11 is 0. The number of methoxy groups -OCH3 is 1. The van der Waals surface area contributed by atoms with Crippen molar-refractivity contribution >= 4 is 5.97 Å². The average Bonchev–Trinajstić information content (AvgIpc) is 2.57. The van der Waals surface area contributed by atoms with Crippen LogP contribution in [0.25, 0.3) is 0 Å². The van der Waals surface area contributed by atoms with Crippen LogP contribution in [0.1, 0.15) is 20.3 Å². The fourth-order valence-electron chi connectivity index (χ4n) is 1.75. The molecule has 98 valence electrons. The van der Waals surface area contributed by atoms with E-state index in [1.165, 1.54) is 7.11 Å². The van der Waals surface area contributed by atoms with E-state index in [9.17, 15) is 14.9 Å². The lowest BCUT2D eigenvalue weighted by Gasteiger charge is -2.20. The molecule has 2 atom stereocenters. The van der Waals surface area contributed by atoms with Crippen molar-refractivity contribution in [3.8, 4) is 0 Å². The molecule has 0 aromatic carbocycles. The molecule has 1 rings (SSSR count). The van der Waals surface area contributed by atoms with Crippen LogP contribution in [0.2, 0.25) is 0 Å². The van der Waals surface area contributed by atoms with E-state index in [1.54, 1.807) is 13.8 Å². The third-order valence-corrected chi connectivity index (χ3v) is 2.60. The van der Waals surface area contributed by atoms with E-state index in [0.29, 0.717) is 0 Å². The van der Waals surface area contributed by atoms with Gasteiger partial charge in [-0.15, -0.1) is 0 Å². The topological polar surface area (TPSA) is 87.9 Å². The maximum atomic E-state index is 11.2. The summed E-state index contributed by atoms with van der Waals surface area (Å²) in [6.07, 6.45) is -0.490. The van der Waals surface area contributed by atoms with Crippen molar-refractivity contribution in [2.24, 2.45) is 5.92 Å². The molecular weight excluding hydrogens is 230 g/mol. The normalized spacial score (nSPS) is 24.3. The Labute approximate surface area is 99.2 Å². The van der Waals surface area contributed by atoms with Crippen molar-refractivity contribution < 1.29 is 23.9 Å². The molecule has 1 heterocycles. The van der Waals surface area contributed by atoms with Gasteiger partial charge in [0.2, 0.25) is 6.54 Å². The van der Waals surface area contributed by atoms with Gasteiger partial charge < -0.3 is 14.2 Å². The van der Waals surface area contributed by atoms with Gasteiger partial charge in [0.05, 0.1) is 32.2 Å². The minimum Gasteiger partial charge on any atom is -0.469 e. The average molecular weight is 247 g/mol. The van der Waals surface area contributed by atoms with E-state index in [0.717, 1.165) is 0 Å². The first-order valence-corrected chi connectivity index (χ1v) is 5.34. The Hall–Kier alpha value is -1.21. The second kappa shape index (κ2) is 5.42. The number of hydrogen-bond acceptors (Lipinski definition) is 6. The van der Waals surface area contributed by atoms with Gasteiger partial charge in [-0.25, -0.2) is 0 Å². The Morgan fingerprint density at radius 2 is 2.29 bits per heavy atom. The Bertz CT molecular complexity index is 303. The first-order valence-electron chi connectivity index (χ1n) is 5.34. The maximum Gasteiger partial charge on any atom is 0.306 e. The number of rotatable bonds is 5. The van der Waals surface area contributed by atoms with Crippen molar-refractivity contribution in [3.05, 3.63) is 10.1 Å². The quantitative estimate of drug-likeness (QED) is 0.401. The Kier molecular flexibility index (Phi) is 4.41. The predicted molar refractivity (Wildman–Crippen MR) is 56.9 cm³/mol. The van der Waals surface area contributed by atoms with E-state index in [1.807, 2.05) is 0 Å². The number of carbonyl (C=O) groups excluding carboxylic acids is 1. The monoisotopic (exact) mass is 247 g/mol. The summed E-state index contributed by atoms with van der Waals surface area (Å²) in [7, 11) is 1.25. The standard InChI is InChI=1S/C10H17NO6/c1-10(2)16-6-8(17-10)7(5-11(13)14)4-9(12)15-3/h7-8H,4-6H2,1-3H3. The fraction of sp³-hybridized carbons (Fsp3) is 0.900. The zero-order valence-electron chi connectivity index (χ0n) is 10.2. The third kappa shape index (κ3) is 4.27. The van der Waals surface area contributed by atoms with Crippen molar-refractivity contribution in [1.29, 1.82) is 0 Å². The largest absolute Gasteiger partial charge is 0.469 e. The van der Waals surface area contributed by atoms with Crippen molar-refractivity contribution in [3.63, 3.8) is 0 Å². The lowest BCUT2D eigenvalue weighted by atomic mass is 9.99. The van der Waals surface area contributed by atoms with E-state index >= 15 is 0 Å². The number of esters is 1. The molecule has 0 N–H and O–H groups in total. The van der Waals surface area contributed by atoms with Crippen LogP contribution in [-0.4, -0.2) is 43.0 Å². The molecule has 1 saturated heterocycles. The molecule has 0 saturated carbocycles. The second-order valence-electron chi connectivity index (χ2n) is 4.42. The smallest absolute Gasteiger partial charge is 0.306 e.